The highest BCUT2D eigenvalue weighted by atomic mass is 16.3. The molecule has 24 heavy (non-hydrogen) atoms. The van der Waals surface area contributed by atoms with Gasteiger partial charge >= 0.3 is 5.69 Å². The van der Waals surface area contributed by atoms with E-state index < -0.39 is 28.6 Å². The lowest BCUT2D eigenvalue weighted by molar-refractivity contribution is 0.102. The Labute approximate surface area is 135 Å². The number of anilines is 1. The second kappa shape index (κ2) is 6.28. The van der Waals surface area contributed by atoms with Gasteiger partial charge in [0.25, 0.3) is 11.5 Å². The number of hydrazine groups is 2. The molecule has 6 N–H and O–H groups in total. The number of benzene rings is 1. The molecule has 1 aromatic carbocycles. The molecule has 0 bridgehead atoms. The number of carbonyl (C=O) groups is 1. The van der Waals surface area contributed by atoms with Crippen LogP contribution in [0.25, 0.3) is 0 Å². The van der Waals surface area contributed by atoms with Gasteiger partial charge in [-0.05, 0) is 17.7 Å². The zero-order chi connectivity index (χ0) is 17.3. The Hall–Kier alpha value is -2.95. The molecule has 126 valence electrons. The summed E-state index contributed by atoms with van der Waals surface area (Å²) in [6, 6.07) is 7.12. The number of carbonyl (C=O) groups excluding carboxylic acids is 1. The maximum atomic E-state index is 12.2. The summed E-state index contributed by atoms with van der Waals surface area (Å²) in [4.78, 5) is 37.3. The number of amides is 1. The molecule has 2 aromatic rings. The molecule has 10 heteroatoms. The van der Waals surface area contributed by atoms with E-state index in [-0.39, 0.29) is 6.04 Å². The molecule has 1 fully saturated rings. The van der Waals surface area contributed by atoms with Crippen LogP contribution in [0.2, 0.25) is 0 Å². The summed E-state index contributed by atoms with van der Waals surface area (Å²) in [7, 11) is 1.25. The monoisotopic (exact) mass is 332 g/mol. The number of nitrogens with one attached hydrogen (secondary N) is 5. The predicted molar refractivity (Wildman–Crippen MR) is 85.4 cm³/mol. The van der Waals surface area contributed by atoms with Crippen molar-refractivity contribution in [3.8, 4) is 5.88 Å². The summed E-state index contributed by atoms with van der Waals surface area (Å²) >= 11 is 0. The smallest absolute Gasteiger partial charge is 0.330 e. The summed E-state index contributed by atoms with van der Waals surface area (Å²) in [5.41, 5.74) is 7.95. The maximum Gasteiger partial charge on any atom is 0.330 e. The third-order valence-electron chi connectivity index (χ3n) is 3.73. The molecule has 1 amide bonds. The van der Waals surface area contributed by atoms with Gasteiger partial charge in [-0.1, -0.05) is 12.1 Å². The molecule has 1 unspecified atom stereocenters. The molecule has 2 heterocycles. The van der Waals surface area contributed by atoms with Gasteiger partial charge < -0.3 is 10.4 Å². The minimum absolute atomic E-state index is 0.102. The first-order valence-corrected chi connectivity index (χ1v) is 7.14. The molecule has 1 saturated heterocycles. The van der Waals surface area contributed by atoms with Crippen molar-refractivity contribution in [1.29, 1.82) is 0 Å². The second-order valence-electron chi connectivity index (χ2n) is 5.30. The van der Waals surface area contributed by atoms with Crippen molar-refractivity contribution in [2.24, 2.45) is 7.05 Å². The van der Waals surface area contributed by atoms with E-state index in [1.807, 2.05) is 17.1 Å². The highest BCUT2D eigenvalue weighted by Gasteiger charge is 2.20. The summed E-state index contributed by atoms with van der Waals surface area (Å²) in [6.45, 7) is 0.715. The van der Waals surface area contributed by atoms with E-state index in [9.17, 15) is 19.5 Å². The fourth-order valence-corrected chi connectivity index (χ4v) is 2.35. The first-order chi connectivity index (χ1) is 11.5. The maximum absolute atomic E-state index is 12.2. The number of hydrogen-bond acceptors (Lipinski definition) is 7. The molecule has 10 nitrogen and oxygen atoms in total. The number of aromatic nitrogens is 2. The van der Waals surface area contributed by atoms with Gasteiger partial charge in [-0.25, -0.2) is 15.6 Å². The molecular weight excluding hydrogens is 316 g/mol. The van der Waals surface area contributed by atoms with Crippen molar-refractivity contribution in [2.75, 3.05) is 11.9 Å². The van der Waals surface area contributed by atoms with Gasteiger partial charge in [0.15, 0.2) is 5.56 Å². The van der Waals surface area contributed by atoms with Crippen LogP contribution in [0.5, 0.6) is 5.88 Å². The summed E-state index contributed by atoms with van der Waals surface area (Å²) in [5, 5.41) is 12.4. The summed E-state index contributed by atoms with van der Waals surface area (Å²) < 4.78 is 0.783. The van der Waals surface area contributed by atoms with Crippen LogP contribution in [0.15, 0.2) is 33.9 Å². The average Bonchev–Trinajstić information content (AvgIpc) is 3.08. The quantitative estimate of drug-likeness (QED) is 0.410. The van der Waals surface area contributed by atoms with E-state index in [1.54, 1.807) is 12.1 Å². The van der Waals surface area contributed by atoms with Crippen LogP contribution in [0.1, 0.15) is 22.0 Å². The first-order valence-electron chi connectivity index (χ1n) is 7.14. The fraction of sp³-hybridized carbons (Fsp3) is 0.214. The van der Waals surface area contributed by atoms with Gasteiger partial charge in [-0.2, -0.15) is 5.53 Å². The van der Waals surface area contributed by atoms with Crippen molar-refractivity contribution >= 4 is 11.6 Å². The van der Waals surface area contributed by atoms with Crippen LogP contribution >= 0.6 is 0 Å². The van der Waals surface area contributed by atoms with Crippen LogP contribution < -0.4 is 33.0 Å². The zero-order valence-corrected chi connectivity index (χ0v) is 12.7. The summed E-state index contributed by atoms with van der Waals surface area (Å²) in [6.07, 6.45) is 0. The molecule has 0 spiro atoms. The first kappa shape index (κ1) is 15.9. The summed E-state index contributed by atoms with van der Waals surface area (Å²) in [5.74, 6) is -1.50. The van der Waals surface area contributed by atoms with Gasteiger partial charge in [0, 0.05) is 19.3 Å². The van der Waals surface area contributed by atoms with Crippen molar-refractivity contribution in [3.63, 3.8) is 0 Å². The van der Waals surface area contributed by atoms with Gasteiger partial charge in [-0.15, -0.1) is 0 Å². The minimum Gasteiger partial charge on any atom is -0.494 e. The van der Waals surface area contributed by atoms with Crippen molar-refractivity contribution in [2.45, 2.75) is 6.04 Å². The SMILES string of the molecule is Cn1c(O)c(C(=O)Nc2ccc(C3CNNN3)cc2)c(=O)[nH]c1=O. The normalized spacial score (nSPS) is 17.0. The highest BCUT2D eigenvalue weighted by molar-refractivity contribution is 6.05. The Morgan fingerprint density at radius 2 is 2.00 bits per heavy atom. The Morgan fingerprint density at radius 1 is 1.29 bits per heavy atom. The number of aromatic hydroxyl groups is 1. The fourth-order valence-electron chi connectivity index (χ4n) is 2.35. The lowest BCUT2D eigenvalue weighted by Gasteiger charge is -2.11. The molecule has 1 aromatic heterocycles. The number of H-pyrrole nitrogens is 1. The van der Waals surface area contributed by atoms with Gasteiger partial charge in [0.05, 0.1) is 6.04 Å². The van der Waals surface area contributed by atoms with Gasteiger partial charge in [-0.3, -0.25) is 19.1 Å². The Morgan fingerprint density at radius 3 is 2.62 bits per heavy atom. The number of aromatic amines is 1. The Balaban J connectivity index is 1.81. The average molecular weight is 332 g/mol. The zero-order valence-electron chi connectivity index (χ0n) is 12.7. The molecule has 1 aliphatic rings. The topological polar surface area (TPSA) is 140 Å². The molecule has 0 aliphatic carbocycles. The number of hydrogen-bond donors (Lipinski definition) is 6. The van der Waals surface area contributed by atoms with Crippen molar-refractivity contribution in [1.82, 2.24) is 25.9 Å². The molecule has 0 saturated carbocycles. The van der Waals surface area contributed by atoms with E-state index in [4.69, 9.17) is 0 Å². The van der Waals surface area contributed by atoms with Crippen LogP contribution in [0.3, 0.4) is 0 Å². The predicted octanol–water partition coefficient (Wildman–Crippen LogP) is -1.31. The molecule has 0 radical (unpaired) electrons. The largest absolute Gasteiger partial charge is 0.494 e. The van der Waals surface area contributed by atoms with Gasteiger partial charge in [0.1, 0.15) is 0 Å². The Kier molecular flexibility index (Phi) is 4.16. The molecule has 3 rings (SSSR count). The van der Waals surface area contributed by atoms with Crippen LogP contribution in [0, 0.1) is 0 Å². The number of rotatable bonds is 3. The molecule has 1 atom stereocenters. The standard InChI is InChI=1S/C14H16N6O4/c1-20-13(23)10(12(22)17-14(20)24)11(21)16-8-4-2-7(3-5-8)9-6-15-19-18-9/h2-5,9,15,18-19,23H,6H2,1H3,(H,16,21)(H,17,22,24). The van der Waals surface area contributed by atoms with Crippen molar-refractivity contribution in [3.05, 3.63) is 56.2 Å². The molecular formula is C14H16N6O4. The van der Waals surface area contributed by atoms with Crippen LogP contribution in [-0.2, 0) is 7.05 Å². The Bertz CT molecular complexity index is 880. The van der Waals surface area contributed by atoms with Crippen LogP contribution in [0.4, 0.5) is 5.69 Å². The molecule has 1 aliphatic heterocycles. The highest BCUT2D eigenvalue weighted by Crippen LogP contribution is 2.18. The van der Waals surface area contributed by atoms with E-state index in [1.165, 1.54) is 7.05 Å². The second-order valence-corrected chi connectivity index (χ2v) is 5.30. The van der Waals surface area contributed by atoms with Crippen LogP contribution in [-0.4, -0.2) is 27.1 Å². The third-order valence-corrected chi connectivity index (χ3v) is 3.73. The lowest BCUT2D eigenvalue weighted by atomic mass is 10.1. The number of nitrogens with zero attached hydrogens (tertiary/aromatic N) is 1. The van der Waals surface area contributed by atoms with Gasteiger partial charge in [0.2, 0.25) is 5.88 Å². The van der Waals surface area contributed by atoms with E-state index in [2.05, 4.69) is 21.7 Å². The van der Waals surface area contributed by atoms with Crippen molar-refractivity contribution < 1.29 is 9.90 Å². The lowest BCUT2D eigenvalue weighted by Crippen LogP contribution is -2.34. The minimum atomic E-state index is -0.947. The van der Waals surface area contributed by atoms with E-state index in [0.717, 1.165) is 10.1 Å². The van der Waals surface area contributed by atoms with E-state index >= 15 is 0 Å². The third kappa shape index (κ3) is 2.93. The van der Waals surface area contributed by atoms with E-state index in [0.29, 0.717) is 12.2 Å².